The third-order valence-electron chi connectivity index (χ3n) is 6.36. The van der Waals surface area contributed by atoms with E-state index in [1.165, 1.54) is 24.1 Å². The predicted octanol–water partition coefficient (Wildman–Crippen LogP) is 4.80. The molecule has 0 bridgehead atoms. The first-order chi connectivity index (χ1) is 18.6. The zero-order chi connectivity index (χ0) is 28.6. The average Bonchev–Trinajstić information content (AvgIpc) is 2.94. The lowest BCUT2D eigenvalue weighted by Crippen LogP contribution is -2.51. The maximum absolute atomic E-state index is 13.9. The van der Waals surface area contributed by atoms with Crippen molar-refractivity contribution in [2.75, 3.05) is 24.5 Å². The van der Waals surface area contributed by atoms with E-state index in [9.17, 15) is 18.0 Å². The second-order valence-electron chi connectivity index (χ2n) is 9.08. The molecule has 1 atom stereocenters. The van der Waals surface area contributed by atoms with E-state index in [1.807, 2.05) is 38.1 Å². The van der Waals surface area contributed by atoms with E-state index >= 15 is 0 Å². The van der Waals surface area contributed by atoms with Crippen molar-refractivity contribution >= 4 is 39.1 Å². The third-order valence-corrected chi connectivity index (χ3v) is 8.40. The number of anilines is 1. The Kier molecular flexibility index (Phi) is 10.4. The lowest BCUT2D eigenvalue weighted by Gasteiger charge is -2.32. The summed E-state index contributed by atoms with van der Waals surface area (Å²) < 4.78 is 33.9. The molecule has 39 heavy (non-hydrogen) atoms. The Morgan fingerprint density at radius 3 is 2.23 bits per heavy atom. The molecule has 0 heterocycles. The van der Waals surface area contributed by atoms with Crippen molar-refractivity contribution in [3.63, 3.8) is 0 Å². The molecule has 0 saturated carbocycles. The molecular weight excluding hydrogens is 538 g/mol. The first-order valence-corrected chi connectivity index (χ1v) is 14.4. The Bertz CT molecular complexity index is 1380. The molecule has 3 aromatic carbocycles. The van der Waals surface area contributed by atoms with Gasteiger partial charge in [0.2, 0.25) is 11.8 Å². The van der Waals surface area contributed by atoms with Crippen LogP contribution in [0.3, 0.4) is 0 Å². The van der Waals surface area contributed by atoms with Gasteiger partial charge in [0.25, 0.3) is 10.0 Å². The van der Waals surface area contributed by atoms with Crippen molar-refractivity contribution in [1.82, 2.24) is 10.2 Å². The van der Waals surface area contributed by atoms with Crippen LogP contribution in [-0.4, -0.2) is 51.4 Å². The third kappa shape index (κ3) is 7.52. The highest BCUT2D eigenvalue weighted by molar-refractivity contribution is 7.92. The lowest BCUT2D eigenvalue weighted by molar-refractivity contribution is -0.139. The lowest BCUT2D eigenvalue weighted by atomic mass is 10.1. The van der Waals surface area contributed by atoms with Crippen LogP contribution >= 0.6 is 11.6 Å². The molecule has 10 heteroatoms. The molecule has 0 fully saturated rings. The number of halogens is 1. The van der Waals surface area contributed by atoms with Crippen molar-refractivity contribution < 1.29 is 22.7 Å². The SMILES string of the molecule is CCCNC(=O)C(C)N(Cc1ccccc1C)C(=O)CN(c1ccc(Cl)cc1)S(=O)(=O)c1ccc(OC)cc1. The van der Waals surface area contributed by atoms with Gasteiger partial charge in [0.15, 0.2) is 0 Å². The summed E-state index contributed by atoms with van der Waals surface area (Å²) in [5.41, 5.74) is 2.08. The molecule has 8 nitrogen and oxygen atoms in total. The van der Waals surface area contributed by atoms with E-state index in [0.29, 0.717) is 17.3 Å². The molecule has 2 amide bonds. The van der Waals surface area contributed by atoms with Gasteiger partial charge in [-0.15, -0.1) is 0 Å². The van der Waals surface area contributed by atoms with Gasteiger partial charge < -0.3 is 15.0 Å². The average molecular weight is 572 g/mol. The summed E-state index contributed by atoms with van der Waals surface area (Å²) in [7, 11) is -2.69. The number of benzene rings is 3. The van der Waals surface area contributed by atoms with E-state index < -0.39 is 28.5 Å². The molecule has 3 aromatic rings. The second kappa shape index (κ2) is 13.5. The molecule has 1 N–H and O–H groups in total. The number of amides is 2. The summed E-state index contributed by atoms with van der Waals surface area (Å²) >= 11 is 6.06. The highest BCUT2D eigenvalue weighted by Gasteiger charge is 2.32. The number of nitrogens with zero attached hydrogens (tertiary/aromatic N) is 2. The van der Waals surface area contributed by atoms with Gasteiger partial charge in [-0.25, -0.2) is 8.42 Å². The highest BCUT2D eigenvalue weighted by atomic mass is 35.5. The molecule has 0 spiro atoms. The van der Waals surface area contributed by atoms with E-state index in [0.717, 1.165) is 21.9 Å². The number of nitrogens with one attached hydrogen (secondary N) is 1. The monoisotopic (exact) mass is 571 g/mol. The summed E-state index contributed by atoms with van der Waals surface area (Å²) in [6.45, 7) is 5.60. The minimum atomic E-state index is -4.18. The topological polar surface area (TPSA) is 96.0 Å². The number of methoxy groups -OCH3 is 1. The second-order valence-corrected chi connectivity index (χ2v) is 11.4. The van der Waals surface area contributed by atoms with Crippen LogP contribution in [0.1, 0.15) is 31.4 Å². The van der Waals surface area contributed by atoms with Gasteiger partial charge in [0, 0.05) is 18.1 Å². The van der Waals surface area contributed by atoms with Crippen LogP contribution in [0.4, 0.5) is 5.69 Å². The van der Waals surface area contributed by atoms with Crippen molar-refractivity contribution in [3.8, 4) is 5.75 Å². The Morgan fingerprint density at radius 2 is 1.64 bits per heavy atom. The fraction of sp³-hybridized carbons (Fsp3) is 0.310. The summed E-state index contributed by atoms with van der Waals surface area (Å²) in [6, 6.07) is 18.9. The maximum Gasteiger partial charge on any atom is 0.264 e. The Labute approximate surface area is 235 Å². The van der Waals surface area contributed by atoms with Crippen LogP contribution in [0.5, 0.6) is 5.75 Å². The number of hydrogen-bond donors (Lipinski definition) is 1. The zero-order valence-corrected chi connectivity index (χ0v) is 24.1. The molecule has 0 aliphatic heterocycles. The van der Waals surface area contributed by atoms with Crippen LogP contribution in [-0.2, 0) is 26.2 Å². The number of aryl methyl sites for hydroxylation is 1. The van der Waals surface area contributed by atoms with E-state index in [4.69, 9.17) is 16.3 Å². The largest absolute Gasteiger partial charge is 0.497 e. The molecule has 1 unspecified atom stereocenters. The number of rotatable bonds is 12. The van der Waals surface area contributed by atoms with Crippen LogP contribution in [0.25, 0.3) is 0 Å². The van der Waals surface area contributed by atoms with Gasteiger partial charge >= 0.3 is 0 Å². The molecule has 208 valence electrons. The molecule has 0 aliphatic rings. The minimum absolute atomic E-state index is 0.00904. The minimum Gasteiger partial charge on any atom is -0.497 e. The van der Waals surface area contributed by atoms with Crippen LogP contribution in [0, 0.1) is 6.92 Å². The first-order valence-electron chi connectivity index (χ1n) is 12.6. The van der Waals surface area contributed by atoms with Gasteiger partial charge in [-0.2, -0.15) is 0 Å². The van der Waals surface area contributed by atoms with Crippen LogP contribution in [0.15, 0.2) is 77.7 Å². The van der Waals surface area contributed by atoms with Gasteiger partial charge in [0.1, 0.15) is 18.3 Å². The normalized spacial score (nSPS) is 11.9. The maximum atomic E-state index is 13.9. The quantitative estimate of drug-likeness (QED) is 0.337. The Hall–Kier alpha value is -3.56. The van der Waals surface area contributed by atoms with Gasteiger partial charge in [-0.05, 0) is 79.9 Å². The standard InChI is InChI=1S/C29H34ClN3O5S/c1-5-18-31-29(35)22(3)32(19-23-9-7-6-8-21(23)2)28(34)20-33(25-12-10-24(30)11-13-25)39(36,37)27-16-14-26(38-4)15-17-27/h6-17,22H,5,18-20H2,1-4H3,(H,31,35). The zero-order valence-electron chi connectivity index (χ0n) is 22.6. The predicted molar refractivity (Wildman–Crippen MR) is 153 cm³/mol. The Morgan fingerprint density at radius 1 is 1.00 bits per heavy atom. The molecule has 3 rings (SSSR count). The van der Waals surface area contributed by atoms with Crippen molar-refractivity contribution in [1.29, 1.82) is 0 Å². The smallest absolute Gasteiger partial charge is 0.264 e. The van der Waals surface area contributed by atoms with E-state index in [2.05, 4.69) is 5.32 Å². The van der Waals surface area contributed by atoms with Crippen LogP contribution < -0.4 is 14.4 Å². The fourth-order valence-electron chi connectivity index (χ4n) is 3.96. The van der Waals surface area contributed by atoms with Crippen LogP contribution in [0.2, 0.25) is 5.02 Å². The number of ether oxygens (including phenoxy) is 1. The summed E-state index contributed by atoms with van der Waals surface area (Å²) in [5, 5.41) is 3.26. The highest BCUT2D eigenvalue weighted by Crippen LogP contribution is 2.27. The molecule has 0 saturated heterocycles. The molecular formula is C29H34ClN3O5S. The van der Waals surface area contributed by atoms with Crippen molar-refractivity contribution in [2.24, 2.45) is 0 Å². The summed E-state index contributed by atoms with van der Waals surface area (Å²) in [5.74, 6) is -0.335. The van der Waals surface area contributed by atoms with Gasteiger partial charge in [-0.1, -0.05) is 42.8 Å². The Balaban J connectivity index is 2.02. The number of carbonyl (C=O) groups is 2. The van der Waals surface area contributed by atoms with Gasteiger partial charge in [0.05, 0.1) is 17.7 Å². The molecule has 0 radical (unpaired) electrons. The molecule has 0 aromatic heterocycles. The number of carbonyl (C=O) groups excluding carboxylic acids is 2. The number of sulfonamides is 1. The van der Waals surface area contributed by atoms with E-state index in [1.54, 1.807) is 43.3 Å². The number of hydrogen-bond acceptors (Lipinski definition) is 5. The van der Waals surface area contributed by atoms with Gasteiger partial charge in [-0.3, -0.25) is 13.9 Å². The van der Waals surface area contributed by atoms with E-state index in [-0.39, 0.29) is 23.0 Å². The fourth-order valence-corrected chi connectivity index (χ4v) is 5.50. The van der Waals surface area contributed by atoms with Crippen molar-refractivity contribution in [2.45, 2.75) is 44.7 Å². The first kappa shape index (κ1) is 30.0. The summed E-state index contributed by atoms with van der Waals surface area (Å²) in [4.78, 5) is 28.2. The summed E-state index contributed by atoms with van der Waals surface area (Å²) in [6.07, 6.45) is 0.745. The van der Waals surface area contributed by atoms with Crippen molar-refractivity contribution in [3.05, 3.63) is 88.9 Å². The molecule has 0 aliphatic carbocycles.